The highest BCUT2D eigenvalue weighted by molar-refractivity contribution is 5.85. The smallest absolute Gasteiger partial charge is 0.239 e. The summed E-state index contributed by atoms with van der Waals surface area (Å²) >= 11 is 0. The van der Waals surface area contributed by atoms with E-state index < -0.39 is 5.54 Å². The monoisotopic (exact) mass is 224 g/mol. The van der Waals surface area contributed by atoms with E-state index in [1.807, 2.05) is 33.0 Å². The van der Waals surface area contributed by atoms with Gasteiger partial charge in [0.1, 0.15) is 0 Å². The van der Waals surface area contributed by atoms with E-state index in [0.29, 0.717) is 6.54 Å². The lowest BCUT2D eigenvalue weighted by Crippen LogP contribution is -2.53. The molecular formula is C11H20N4O. The Balaban J connectivity index is 2.46. The lowest BCUT2D eigenvalue weighted by molar-refractivity contribution is -0.126. The van der Waals surface area contributed by atoms with Crippen LogP contribution in [0, 0.1) is 0 Å². The van der Waals surface area contributed by atoms with Gasteiger partial charge in [-0.25, -0.2) is 0 Å². The molecule has 90 valence electrons. The Hall–Kier alpha value is -1.36. The largest absolute Gasteiger partial charge is 0.350 e. The first-order valence-corrected chi connectivity index (χ1v) is 5.43. The van der Waals surface area contributed by atoms with Crippen LogP contribution < -0.4 is 10.6 Å². The molecule has 1 unspecified atom stereocenters. The molecule has 5 heteroatoms. The fourth-order valence-corrected chi connectivity index (χ4v) is 1.25. The lowest BCUT2D eigenvalue weighted by Gasteiger charge is -2.25. The van der Waals surface area contributed by atoms with Gasteiger partial charge in [-0.3, -0.25) is 9.48 Å². The molecule has 2 N–H and O–H groups in total. The van der Waals surface area contributed by atoms with Crippen LogP contribution in [0.25, 0.3) is 0 Å². The highest BCUT2D eigenvalue weighted by Gasteiger charge is 2.26. The summed E-state index contributed by atoms with van der Waals surface area (Å²) in [4.78, 5) is 11.8. The maximum atomic E-state index is 11.8. The minimum atomic E-state index is -0.543. The third-order valence-corrected chi connectivity index (χ3v) is 2.59. The normalized spacial score (nSPS) is 13.5. The second kappa shape index (κ2) is 5.12. The zero-order valence-corrected chi connectivity index (χ0v) is 10.3. The molecule has 1 atom stereocenters. The van der Waals surface area contributed by atoms with E-state index in [9.17, 15) is 4.79 Å². The number of nitrogens with zero attached hydrogens (tertiary/aromatic N) is 2. The third kappa shape index (κ3) is 3.34. The number of aromatic nitrogens is 2. The Morgan fingerprint density at radius 3 is 2.75 bits per heavy atom. The molecule has 16 heavy (non-hydrogen) atoms. The van der Waals surface area contributed by atoms with Crippen molar-refractivity contribution in [2.45, 2.75) is 38.9 Å². The SMILES string of the molecule is CNC(C)(C)C(=O)NC(C)Cn1cccn1. The van der Waals surface area contributed by atoms with Gasteiger partial charge < -0.3 is 10.6 Å². The van der Waals surface area contributed by atoms with E-state index in [-0.39, 0.29) is 11.9 Å². The molecule has 0 spiro atoms. The molecule has 0 aliphatic carbocycles. The first-order valence-electron chi connectivity index (χ1n) is 5.43. The topological polar surface area (TPSA) is 59.0 Å². The van der Waals surface area contributed by atoms with Crippen LogP contribution in [0.15, 0.2) is 18.5 Å². The number of amides is 1. The van der Waals surface area contributed by atoms with Crippen molar-refractivity contribution in [2.75, 3.05) is 7.05 Å². The minimum Gasteiger partial charge on any atom is -0.350 e. The van der Waals surface area contributed by atoms with Gasteiger partial charge in [-0.05, 0) is 33.9 Å². The Morgan fingerprint density at radius 1 is 1.56 bits per heavy atom. The highest BCUT2D eigenvalue weighted by Crippen LogP contribution is 2.01. The van der Waals surface area contributed by atoms with Crippen molar-refractivity contribution in [3.63, 3.8) is 0 Å². The summed E-state index contributed by atoms with van der Waals surface area (Å²) in [6.07, 6.45) is 3.61. The van der Waals surface area contributed by atoms with Crippen LogP contribution in [-0.2, 0) is 11.3 Å². The minimum absolute atomic E-state index is 0.00495. The predicted molar refractivity (Wildman–Crippen MR) is 63.0 cm³/mol. The number of carbonyl (C=O) groups excluding carboxylic acids is 1. The van der Waals surface area contributed by atoms with E-state index in [4.69, 9.17) is 0 Å². The second-order valence-corrected chi connectivity index (χ2v) is 4.48. The van der Waals surface area contributed by atoms with E-state index in [2.05, 4.69) is 15.7 Å². The van der Waals surface area contributed by atoms with Crippen molar-refractivity contribution in [1.29, 1.82) is 0 Å². The van der Waals surface area contributed by atoms with Gasteiger partial charge in [-0.1, -0.05) is 0 Å². The van der Waals surface area contributed by atoms with Crippen LogP contribution in [0.5, 0.6) is 0 Å². The number of rotatable bonds is 5. The first kappa shape index (κ1) is 12.7. The summed E-state index contributed by atoms with van der Waals surface area (Å²) in [6.45, 7) is 6.34. The van der Waals surface area contributed by atoms with Gasteiger partial charge in [0.25, 0.3) is 0 Å². The number of likely N-dealkylation sites (N-methyl/N-ethyl adjacent to an activating group) is 1. The standard InChI is InChI=1S/C11H20N4O/c1-9(8-15-7-5-6-13-15)14-10(16)11(2,3)12-4/h5-7,9,12H,8H2,1-4H3,(H,14,16). The zero-order valence-electron chi connectivity index (χ0n) is 10.3. The van der Waals surface area contributed by atoms with Crippen molar-refractivity contribution in [3.05, 3.63) is 18.5 Å². The van der Waals surface area contributed by atoms with Crippen molar-refractivity contribution in [3.8, 4) is 0 Å². The maximum Gasteiger partial charge on any atom is 0.239 e. The Bertz CT molecular complexity index is 332. The molecule has 1 heterocycles. The average molecular weight is 224 g/mol. The molecule has 0 aliphatic heterocycles. The quantitative estimate of drug-likeness (QED) is 0.760. The van der Waals surface area contributed by atoms with Crippen molar-refractivity contribution in [2.24, 2.45) is 0 Å². The van der Waals surface area contributed by atoms with Crippen LogP contribution in [-0.4, -0.2) is 34.3 Å². The van der Waals surface area contributed by atoms with Crippen LogP contribution in [0.1, 0.15) is 20.8 Å². The molecule has 1 aromatic rings. The molecule has 1 aromatic heterocycles. The first-order chi connectivity index (χ1) is 7.45. The lowest BCUT2D eigenvalue weighted by atomic mass is 10.0. The van der Waals surface area contributed by atoms with Crippen LogP contribution >= 0.6 is 0 Å². The molecule has 0 saturated heterocycles. The molecule has 5 nitrogen and oxygen atoms in total. The van der Waals surface area contributed by atoms with E-state index in [1.165, 1.54) is 0 Å². The Kier molecular flexibility index (Phi) is 4.06. The summed E-state index contributed by atoms with van der Waals surface area (Å²) < 4.78 is 1.80. The summed E-state index contributed by atoms with van der Waals surface area (Å²) in [7, 11) is 1.78. The molecule has 0 aliphatic rings. The van der Waals surface area contributed by atoms with Gasteiger partial charge in [0, 0.05) is 18.4 Å². The average Bonchev–Trinajstić information content (AvgIpc) is 2.70. The van der Waals surface area contributed by atoms with Gasteiger partial charge in [0.05, 0.1) is 12.1 Å². The fourth-order valence-electron chi connectivity index (χ4n) is 1.25. The molecule has 0 aromatic carbocycles. The molecule has 0 saturated carbocycles. The molecule has 0 bridgehead atoms. The third-order valence-electron chi connectivity index (χ3n) is 2.59. The molecule has 0 fully saturated rings. The van der Waals surface area contributed by atoms with Crippen molar-refractivity contribution >= 4 is 5.91 Å². The van der Waals surface area contributed by atoms with Gasteiger partial charge in [0.15, 0.2) is 0 Å². The zero-order chi connectivity index (χ0) is 12.2. The van der Waals surface area contributed by atoms with Crippen LogP contribution in [0.4, 0.5) is 0 Å². The van der Waals surface area contributed by atoms with Gasteiger partial charge >= 0.3 is 0 Å². The highest BCUT2D eigenvalue weighted by atomic mass is 16.2. The van der Waals surface area contributed by atoms with Gasteiger partial charge in [0.2, 0.25) is 5.91 Å². The molecular weight excluding hydrogens is 204 g/mol. The fraction of sp³-hybridized carbons (Fsp3) is 0.636. The summed E-state index contributed by atoms with van der Waals surface area (Å²) in [5.74, 6) is -0.00495. The van der Waals surface area contributed by atoms with Crippen LogP contribution in [0.2, 0.25) is 0 Å². The van der Waals surface area contributed by atoms with E-state index >= 15 is 0 Å². The number of nitrogens with one attached hydrogen (secondary N) is 2. The Morgan fingerprint density at radius 2 is 2.25 bits per heavy atom. The van der Waals surface area contributed by atoms with Gasteiger partial charge in [-0.15, -0.1) is 0 Å². The Labute approximate surface area is 96.2 Å². The summed E-state index contributed by atoms with van der Waals surface area (Å²) in [5.41, 5.74) is -0.543. The van der Waals surface area contributed by atoms with Crippen molar-refractivity contribution < 1.29 is 4.79 Å². The molecule has 0 radical (unpaired) electrons. The van der Waals surface area contributed by atoms with Crippen molar-refractivity contribution in [1.82, 2.24) is 20.4 Å². The van der Waals surface area contributed by atoms with Crippen LogP contribution in [0.3, 0.4) is 0 Å². The summed E-state index contributed by atoms with van der Waals surface area (Å²) in [6, 6.07) is 1.92. The number of hydrogen-bond donors (Lipinski definition) is 2. The summed E-state index contributed by atoms with van der Waals surface area (Å²) in [5, 5.41) is 10.0. The number of hydrogen-bond acceptors (Lipinski definition) is 3. The van der Waals surface area contributed by atoms with E-state index in [1.54, 1.807) is 17.9 Å². The second-order valence-electron chi connectivity index (χ2n) is 4.48. The van der Waals surface area contributed by atoms with E-state index in [0.717, 1.165) is 0 Å². The van der Waals surface area contributed by atoms with Gasteiger partial charge in [-0.2, -0.15) is 5.10 Å². The number of carbonyl (C=O) groups is 1. The predicted octanol–water partition coefficient (Wildman–Crippen LogP) is 0.386. The molecule has 1 rings (SSSR count). The maximum absolute atomic E-state index is 11.8. The molecule has 1 amide bonds.